The fourth-order valence-corrected chi connectivity index (χ4v) is 3.03. The number of carbonyl (C=O) groups excluding carboxylic acids is 2. The first-order valence-corrected chi connectivity index (χ1v) is 8.83. The highest BCUT2D eigenvalue weighted by Gasteiger charge is 2.23. The maximum Gasteiger partial charge on any atom is 0.326 e. The van der Waals surface area contributed by atoms with Gasteiger partial charge in [-0.25, -0.2) is 4.79 Å². The van der Waals surface area contributed by atoms with Crippen molar-refractivity contribution in [2.45, 2.75) is 13.5 Å². The summed E-state index contributed by atoms with van der Waals surface area (Å²) in [4.78, 5) is 22.9. The molecule has 0 spiro atoms. The maximum absolute atomic E-state index is 11.7. The highest BCUT2D eigenvalue weighted by atomic mass is 79.9. The van der Waals surface area contributed by atoms with Gasteiger partial charge in [-0.15, -0.1) is 0 Å². The summed E-state index contributed by atoms with van der Waals surface area (Å²) in [6.45, 7) is 2.74. The molecule has 0 atom stereocenters. The second kappa shape index (κ2) is 8.05. The second-order valence-corrected chi connectivity index (χ2v) is 6.36. The van der Waals surface area contributed by atoms with Crippen LogP contribution in [0, 0.1) is 0 Å². The first-order valence-electron chi connectivity index (χ1n) is 8.04. The number of hydrogen-bond donors (Lipinski definition) is 2. The number of carbonyl (C=O) groups is 2. The van der Waals surface area contributed by atoms with Crippen molar-refractivity contribution in [3.8, 4) is 11.5 Å². The van der Waals surface area contributed by atoms with Gasteiger partial charge in [0.2, 0.25) is 0 Å². The molecule has 2 aromatic carbocycles. The van der Waals surface area contributed by atoms with Crippen LogP contribution in [0.2, 0.25) is 0 Å². The molecule has 2 N–H and O–H groups in total. The molecule has 26 heavy (non-hydrogen) atoms. The smallest absolute Gasteiger partial charge is 0.326 e. The van der Waals surface area contributed by atoms with E-state index in [9.17, 15) is 9.59 Å². The fourth-order valence-electron chi connectivity index (χ4n) is 2.45. The van der Waals surface area contributed by atoms with Crippen LogP contribution in [0.3, 0.4) is 0 Å². The summed E-state index contributed by atoms with van der Waals surface area (Å²) < 4.78 is 12.3. The van der Waals surface area contributed by atoms with Crippen molar-refractivity contribution in [2.75, 3.05) is 6.61 Å². The number of amides is 3. The number of ether oxygens (including phenoxy) is 2. The van der Waals surface area contributed by atoms with E-state index < -0.39 is 11.9 Å². The molecule has 1 heterocycles. The van der Waals surface area contributed by atoms with Crippen molar-refractivity contribution in [2.24, 2.45) is 0 Å². The van der Waals surface area contributed by atoms with Crippen molar-refractivity contribution >= 4 is 33.9 Å². The molecule has 3 amide bonds. The van der Waals surface area contributed by atoms with E-state index >= 15 is 0 Å². The van der Waals surface area contributed by atoms with Crippen LogP contribution in [0.1, 0.15) is 18.1 Å². The van der Waals surface area contributed by atoms with Crippen molar-refractivity contribution < 1.29 is 19.1 Å². The summed E-state index contributed by atoms with van der Waals surface area (Å²) in [5.74, 6) is 0.667. The molecule has 1 aliphatic rings. The van der Waals surface area contributed by atoms with Crippen LogP contribution < -0.4 is 20.1 Å². The lowest BCUT2D eigenvalue weighted by atomic mass is 10.1. The summed E-state index contributed by atoms with van der Waals surface area (Å²) in [7, 11) is 0. The van der Waals surface area contributed by atoms with E-state index in [1.54, 1.807) is 18.2 Å². The Morgan fingerprint density at radius 2 is 1.85 bits per heavy atom. The predicted molar refractivity (Wildman–Crippen MR) is 101 cm³/mol. The van der Waals surface area contributed by atoms with Gasteiger partial charge in [0.05, 0.1) is 11.1 Å². The average Bonchev–Trinajstić information content (AvgIpc) is 2.92. The lowest BCUT2D eigenvalue weighted by Crippen LogP contribution is -2.22. The van der Waals surface area contributed by atoms with Crippen molar-refractivity contribution in [1.29, 1.82) is 0 Å². The number of rotatable bonds is 6. The Hall–Kier alpha value is -2.80. The fraction of sp³-hybridized carbons (Fsp3) is 0.158. The minimum Gasteiger partial charge on any atom is -0.490 e. The molecule has 0 radical (unpaired) electrons. The molecule has 1 aliphatic heterocycles. The zero-order valence-corrected chi connectivity index (χ0v) is 15.6. The Bertz CT molecular complexity index is 865. The molecular weight excluding hydrogens is 400 g/mol. The van der Waals surface area contributed by atoms with Gasteiger partial charge in [-0.2, -0.15) is 0 Å². The Kier molecular flexibility index (Phi) is 5.58. The lowest BCUT2D eigenvalue weighted by molar-refractivity contribution is -0.115. The van der Waals surface area contributed by atoms with Crippen LogP contribution in [0.25, 0.3) is 6.08 Å². The van der Waals surface area contributed by atoms with Crippen molar-refractivity contribution in [3.05, 3.63) is 63.8 Å². The summed E-state index contributed by atoms with van der Waals surface area (Å²) in [5.41, 5.74) is 1.92. The molecule has 0 bridgehead atoms. The van der Waals surface area contributed by atoms with E-state index in [0.717, 1.165) is 5.56 Å². The number of nitrogens with one attached hydrogen (secondary N) is 2. The zero-order chi connectivity index (χ0) is 18.5. The first-order chi connectivity index (χ1) is 12.6. The van der Waals surface area contributed by atoms with Gasteiger partial charge in [-0.3, -0.25) is 10.1 Å². The van der Waals surface area contributed by atoms with Crippen LogP contribution in [0.4, 0.5) is 4.79 Å². The van der Waals surface area contributed by atoms with E-state index in [-0.39, 0.29) is 5.70 Å². The highest BCUT2D eigenvalue weighted by Crippen LogP contribution is 2.38. The molecule has 1 fully saturated rings. The van der Waals surface area contributed by atoms with Gasteiger partial charge in [-0.05, 0) is 52.2 Å². The molecule has 0 aliphatic carbocycles. The number of halogens is 1. The van der Waals surface area contributed by atoms with Gasteiger partial charge >= 0.3 is 6.03 Å². The van der Waals surface area contributed by atoms with Crippen LogP contribution in [0.5, 0.6) is 11.5 Å². The Morgan fingerprint density at radius 3 is 2.50 bits per heavy atom. The molecule has 134 valence electrons. The van der Waals surface area contributed by atoms with Crippen LogP contribution >= 0.6 is 15.9 Å². The summed E-state index contributed by atoms with van der Waals surface area (Å²) in [6.07, 6.45) is 1.58. The average molecular weight is 417 g/mol. The molecule has 2 aromatic rings. The monoisotopic (exact) mass is 416 g/mol. The number of imide groups is 1. The summed E-state index contributed by atoms with van der Waals surface area (Å²) >= 11 is 3.50. The molecule has 0 aromatic heterocycles. The standard InChI is InChI=1S/C19H17BrN2O4/c1-2-25-16-10-13(9-15-18(23)22-19(24)21-15)8-14(20)17(16)26-11-12-6-4-3-5-7-12/h3-10H,2,11H2,1H3,(H2,21,22,23,24)/b15-9+. The van der Waals surface area contributed by atoms with Gasteiger partial charge in [0.25, 0.3) is 5.91 Å². The minimum atomic E-state index is -0.534. The zero-order valence-electron chi connectivity index (χ0n) is 14.0. The van der Waals surface area contributed by atoms with E-state index in [1.807, 2.05) is 37.3 Å². The Morgan fingerprint density at radius 1 is 1.08 bits per heavy atom. The Labute approximate surface area is 159 Å². The topological polar surface area (TPSA) is 76.7 Å². The third-order valence-electron chi connectivity index (χ3n) is 3.59. The van der Waals surface area contributed by atoms with E-state index in [2.05, 4.69) is 26.6 Å². The summed E-state index contributed by atoms with van der Waals surface area (Å²) in [6, 6.07) is 12.8. The SMILES string of the molecule is CCOc1cc(/C=C2/NC(=O)NC2=O)cc(Br)c1OCc1ccccc1. The number of urea groups is 1. The van der Waals surface area contributed by atoms with E-state index in [0.29, 0.717) is 34.7 Å². The first kappa shape index (κ1) is 18.0. The van der Waals surface area contributed by atoms with Crippen LogP contribution in [-0.2, 0) is 11.4 Å². The van der Waals surface area contributed by atoms with E-state index in [4.69, 9.17) is 9.47 Å². The van der Waals surface area contributed by atoms with Gasteiger partial charge in [0, 0.05) is 0 Å². The molecule has 1 saturated heterocycles. The normalized spacial score (nSPS) is 14.9. The molecule has 0 saturated carbocycles. The van der Waals surface area contributed by atoms with Gasteiger partial charge in [-0.1, -0.05) is 30.3 Å². The third-order valence-corrected chi connectivity index (χ3v) is 4.18. The lowest BCUT2D eigenvalue weighted by Gasteiger charge is -2.15. The van der Waals surface area contributed by atoms with Gasteiger partial charge in [0.15, 0.2) is 11.5 Å². The van der Waals surface area contributed by atoms with Crippen LogP contribution in [-0.4, -0.2) is 18.5 Å². The minimum absolute atomic E-state index is 0.183. The Balaban J connectivity index is 1.87. The molecule has 7 heteroatoms. The number of hydrogen-bond acceptors (Lipinski definition) is 4. The largest absolute Gasteiger partial charge is 0.490 e. The number of benzene rings is 2. The van der Waals surface area contributed by atoms with E-state index in [1.165, 1.54) is 0 Å². The van der Waals surface area contributed by atoms with Crippen molar-refractivity contribution in [3.63, 3.8) is 0 Å². The van der Waals surface area contributed by atoms with Gasteiger partial charge in [0.1, 0.15) is 12.3 Å². The highest BCUT2D eigenvalue weighted by molar-refractivity contribution is 9.10. The predicted octanol–water partition coefficient (Wildman–Crippen LogP) is 3.61. The molecular formula is C19H17BrN2O4. The van der Waals surface area contributed by atoms with Crippen LogP contribution in [0.15, 0.2) is 52.6 Å². The van der Waals surface area contributed by atoms with Gasteiger partial charge < -0.3 is 14.8 Å². The molecule has 0 unspecified atom stereocenters. The quantitative estimate of drug-likeness (QED) is 0.556. The molecule has 6 nitrogen and oxygen atoms in total. The molecule has 3 rings (SSSR count). The van der Waals surface area contributed by atoms with Crippen molar-refractivity contribution in [1.82, 2.24) is 10.6 Å². The summed E-state index contributed by atoms with van der Waals surface area (Å²) in [5, 5.41) is 4.62. The third kappa shape index (κ3) is 4.23. The maximum atomic E-state index is 11.7. The second-order valence-electron chi connectivity index (χ2n) is 5.50.